The molecule has 0 fully saturated rings. The molecule has 0 amide bonds. The molecule has 302 valence electrons. The summed E-state index contributed by atoms with van der Waals surface area (Å²) in [5.74, 6) is -0.0966. The van der Waals surface area contributed by atoms with Crippen molar-refractivity contribution < 1.29 is 28.6 Å². The minimum Gasteiger partial charge on any atom is -0.462 e. The van der Waals surface area contributed by atoms with Crippen molar-refractivity contribution in [2.45, 2.75) is 252 Å². The summed E-state index contributed by atoms with van der Waals surface area (Å²) in [6.45, 7) is 8.91. The van der Waals surface area contributed by atoms with Gasteiger partial charge >= 0.3 is 17.9 Å². The van der Waals surface area contributed by atoms with E-state index in [9.17, 15) is 14.4 Å². The van der Waals surface area contributed by atoms with Crippen LogP contribution in [0, 0.1) is 5.92 Å². The number of rotatable bonds is 40. The van der Waals surface area contributed by atoms with Gasteiger partial charge in [-0.3, -0.25) is 14.4 Å². The van der Waals surface area contributed by atoms with Crippen molar-refractivity contribution in [2.75, 3.05) is 13.2 Å². The first-order valence-electron chi connectivity index (χ1n) is 22.4. The van der Waals surface area contributed by atoms with Crippen LogP contribution in [0.25, 0.3) is 0 Å². The van der Waals surface area contributed by atoms with Gasteiger partial charge in [0.1, 0.15) is 13.2 Å². The molecular weight excluding hydrogens is 636 g/mol. The average molecular weight is 723 g/mol. The summed E-state index contributed by atoms with van der Waals surface area (Å²) in [5, 5.41) is 0. The fraction of sp³-hybridized carbons (Fsp3) is 0.933. The number of carbonyl (C=O) groups excluding carboxylic acids is 3. The van der Waals surface area contributed by atoms with Gasteiger partial charge in [0.25, 0.3) is 0 Å². The Morgan fingerprint density at radius 2 is 0.647 bits per heavy atom. The van der Waals surface area contributed by atoms with E-state index in [0.29, 0.717) is 19.3 Å². The molecule has 0 aromatic carbocycles. The van der Waals surface area contributed by atoms with Gasteiger partial charge in [0, 0.05) is 19.3 Å². The van der Waals surface area contributed by atoms with Crippen molar-refractivity contribution in [2.24, 2.45) is 5.92 Å². The molecular formula is C45H86O6. The maximum atomic E-state index is 12.7. The smallest absolute Gasteiger partial charge is 0.306 e. The summed E-state index contributed by atoms with van der Waals surface area (Å²) >= 11 is 0. The van der Waals surface area contributed by atoms with Crippen LogP contribution in [0.5, 0.6) is 0 Å². The molecule has 51 heavy (non-hydrogen) atoms. The molecule has 0 rings (SSSR count). The predicted octanol–water partition coefficient (Wildman–Crippen LogP) is 13.9. The second-order valence-corrected chi connectivity index (χ2v) is 15.8. The van der Waals surface area contributed by atoms with Crippen LogP contribution in [-0.4, -0.2) is 37.2 Å². The van der Waals surface area contributed by atoms with Gasteiger partial charge in [-0.25, -0.2) is 0 Å². The van der Waals surface area contributed by atoms with Gasteiger partial charge in [-0.15, -0.1) is 0 Å². The van der Waals surface area contributed by atoms with E-state index in [1.54, 1.807) is 0 Å². The lowest BCUT2D eigenvalue weighted by Crippen LogP contribution is -2.30. The van der Waals surface area contributed by atoms with E-state index in [4.69, 9.17) is 14.2 Å². The van der Waals surface area contributed by atoms with Crippen molar-refractivity contribution in [3.63, 3.8) is 0 Å². The second-order valence-electron chi connectivity index (χ2n) is 15.8. The fourth-order valence-electron chi connectivity index (χ4n) is 6.63. The van der Waals surface area contributed by atoms with E-state index in [2.05, 4.69) is 27.7 Å². The summed E-state index contributed by atoms with van der Waals surface area (Å²) in [6.07, 6.45) is 38.1. The summed E-state index contributed by atoms with van der Waals surface area (Å²) in [5.41, 5.74) is 0. The molecule has 0 aliphatic carbocycles. The Labute approximate surface area is 317 Å². The molecule has 0 aliphatic rings. The summed E-state index contributed by atoms with van der Waals surface area (Å²) < 4.78 is 16.7. The molecule has 0 spiro atoms. The van der Waals surface area contributed by atoms with Crippen molar-refractivity contribution in [3.8, 4) is 0 Å². The third kappa shape index (κ3) is 39.5. The highest BCUT2D eigenvalue weighted by Crippen LogP contribution is 2.16. The highest BCUT2D eigenvalue weighted by atomic mass is 16.6. The molecule has 6 heteroatoms. The van der Waals surface area contributed by atoms with Crippen LogP contribution < -0.4 is 0 Å². The van der Waals surface area contributed by atoms with E-state index in [1.807, 2.05) is 0 Å². The molecule has 0 unspecified atom stereocenters. The maximum absolute atomic E-state index is 12.7. The largest absolute Gasteiger partial charge is 0.462 e. The summed E-state index contributed by atoms with van der Waals surface area (Å²) in [7, 11) is 0. The maximum Gasteiger partial charge on any atom is 0.306 e. The Balaban J connectivity index is 4.31. The van der Waals surface area contributed by atoms with Crippen LogP contribution in [0.1, 0.15) is 246 Å². The first kappa shape index (κ1) is 49.4. The molecule has 0 heterocycles. The Morgan fingerprint density at radius 3 is 0.961 bits per heavy atom. The number of ether oxygens (including phenoxy) is 3. The second kappa shape index (κ2) is 39.6. The SMILES string of the molecule is CCCCCCCCCCCCCCCC(=O)OC[C@H](COC(=O)CCCCCCCCC(C)C)OC(=O)CCCCCCCCCCCCC. The first-order valence-corrected chi connectivity index (χ1v) is 22.4. The number of esters is 3. The molecule has 0 N–H and O–H groups in total. The van der Waals surface area contributed by atoms with E-state index in [0.717, 1.165) is 63.7 Å². The van der Waals surface area contributed by atoms with E-state index >= 15 is 0 Å². The first-order chi connectivity index (χ1) is 24.9. The van der Waals surface area contributed by atoms with Gasteiger partial charge in [-0.2, -0.15) is 0 Å². The van der Waals surface area contributed by atoms with Gasteiger partial charge in [-0.05, 0) is 25.2 Å². The number of hydrogen-bond acceptors (Lipinski definition) is 6. The predicted molar refractivity (Wildman–Crippen MR) is 215 cm³/mol. The van der Waals surface area contributed by atoms with Gasteiger partial charge in [0.15, 0.2) is 6.10 Å². The third-order valence-corrected chi connectivity index (χ3v) is 10.0. The minimum atomic E-state index is -0.759. The molecule has 0 saturated carbocycles. The number of carbonyl (C=O) groups is 3. The summed E-state index contributed by atoms with van der Waals surface area (Å²) in [6, 6.07) is 0. The zero-order valence-electron chi connectivity index (χ0n) is 34.6. The third-order valence-electron chi connectivity index (χ3n) is 10.0. The number of hydrogen-bond donors (Lipinski definition) is 0. The fourth-order valence-corrected chi connectivity index (χ4v) is 6.63. The van der Waals surface area contributed by atoms with Crippen LogP contribution in [0.4, 0.5) is 0 Å². The van der Waals surface area contributed by atoms with E-state index < -0.39 is 6.10 Å². The Kier molecular flexibility index (Phi) is 38.4. The molecule has 0 bridgehead atoms. The van der Waals surface area contributed by atoms with Crippen LogP contribution in [-0.2, 0) is 28.6 Å². The quantitative estimate of drug-likeness (QED) is 0.0356. The molecule has 0 aliphatic heterocycles. The minimum absolute atomic E-state index is 0.0646. The molecule has 0 radical (unpaired) electrons. The van der Waals surface area contributed by atoms with Gasteiger partial charge in [-0.1, -0.05) is 207 Å². The monoisotopic (exact) mass is 723 g/mol. The molecule has 0 aromatic rings. The lowest BCUT2D eigenvalue weighted by atomic mass is 10.0. The van der Waals surface area contributed by atoms with Crippen molar-refractivity contribution in [1.82, 2.24) is 0 Å². The topological polar surface area (TPSA) is 78.9 Å². The zero-order chi connectivity index (χ0) is 37.5. The lowest BCUT2D eigenvalue weighted by molar-refractivity contribution is -0.167. The van der Waals surface area contributed by atoms with Crippen LogP contribution in [0.15, 0.2) is 0 Å². The molecule has 6 nitrogen and oxygen atoms in total. The average Bonchev–Trinajstić information content (AvgIpc) is 3.11. The number of unbranched alkanes of at least 4 members (excludes halogenated alkanes) is 27. The van der Waals surface area contributed by atoms with E-state index in [-0.39, 0.29) is 31.1 Å². The lowest BCUT2D eigenvalue weighted by Gasteiger charge is -2.18. The van der Waals surface area contributed by atoms with Gasteiger partial charge in [0.05, 0.1) is 0 Å². The van der Waals surface area contributed by atoms with Crippen molar-refractivity contribution in [1.29, 1.82) is 0 Å². The van der Waals surface area contributed by atoms with Crippen molar-refractivity contribution >= 4 is 17.9 Å². The van der Waals surface area contributed by atoms with Gasteiger partial charge in [0.2, 0.25) is 0 Å². The normalized spacial score (nSPS) is 11.9. The van der Waals surface area contributed by atoms with Gasteiger partial charge < -0.3 is 14.2 Å². The standard InChI is InChI=1S/C45H86O6/c1-5-7-9-11-13-15-17-18-20-21-23-28-32-36-43(46)49-39-42(40-50-44(47)37-33-29-26-25-27-31-35-41(3)4)51-45(48)38-34-30-24-22-19-16-14-12-10-8-6-2/h41-42H,5-40H2,1-4H3/t42-/m1/s1. The molecule has 1 atom stereocenters. The molecule has 0 saturated heterocycles. The Morgan fingerprint density at radius 1 is 0.373 bits per heavy atom. The Hall–Kier alpha value is -1.59. The highest BCUT2D eigenvalue weighted by molar-refractivity contribution is 5.71. The zero-order valence-corrected chi connectivity index (χ0v) is 34.6. The van der Waals surface area contributed by atoms with E-state index in [1.165, 1.54) is 141 Å². The summed E-state index contributed by atoms with van der Waals surface area (Å²) in [4.78, 5) is 37.6. The van der Waals surface area contributed by atoms with Crippen molar-refractivity contribution in [3.05, 3.63) is 0 Å². The van der Waals surface area contributed by atoms with Crippen LogP contribution in [0.2, 0.25) is 0 Å². The van der Waals surface area contributed by atoms with Crippen LogP contribution in [0.3, 0.4) is 0 Å². The highest BCUT2D eigenvalue weighted by Gasteiger charge is 2.19. The molecule has 0 aromatic heterocycles. The van der Waals surface area contributed by atoms with Crippen LogP contribution >= 0.6 is 0 Å². The Bertz CT molecular complexity index is 766.